The molecule has 126 valence electrons. The minimum Gasteiger partial charge on any atom is -0.490 e. The van der Waals surface area contributed by atoms with Crippen molar-refractivity contribution in [3.63, 3.8) is 0 Å². The molecule has 1 aromatic rings. The van der Waals surface area contributed by atoms with Crippen molar-refractivity contribution in [2.75, 3.05) is 0 Å². The Morgan fingerprint density at radius 2 is 1.65 bits per heavy atom. The van der Waals surface area contributed by atoms with Crippen LogP contribution in [-0.4, -0.2) is 24.4 Å². The Kier molecular flexibility index (Phi) is 3.72. The summed E-state index contributed by atoms with van der Waals surface area (Å²) in [6.07, 6.45) is -3.08. The van der Waals surface area contributed by atoms with Crippen molar-refractivity contribution in [2.24, 2.45) is 0 Å². The third-order valence-corrected chi connectivity index (χ3v) is 4.67. The largest absolute Gasteiger partial charge is 0.495 e. The summed E-state index contributed by atoms with van der Waals surface area (Å²) in [7, 11) is -1.07. The molecule has 0 atom stereocenters. The molecule has 1 saturated heterocycles. The summed E-state index contributed by atoms with van der Waals surface area (Å²) in [6.45, 7) is 7.24. The van der Waals surface area contributed by atoms with Gasteiger partial charge >= 0.3 is 13.3 Å². The van der Waals surface area contributed by atoms with E-state index in [9.17, 15) is 13.2 Å². The molecule has 1 heterocycles. The van der Waals surface area contributed by atoms with Gasteiger partial charge in [0.2, 0.25) is 0 Å². The molecule has 3 rings (SSSR count). The van der Waals surface area contributed by atoms with Gasteiger partial charge in [0.1, 0.15) is 5.75 Å². The second-order valence-electron chi connectivity index (χ2n) is 7.12. The second-order valence-corrected chi connectivity index (χ2v) is 7.12. The van der Waals surface area contributed by atoms with E-state index < -0.39 is 30.1 Å². The highest BCUT2D eigenvalue weighted by molar-refractivity contribution is 6.62. The number of alkyl halides is 3. The average molecular weight is 328 g/mol. The Balaban J connectivity index is 2.02. The Morgan fingerprint density at radius 3 is 2.13 bits per heavy atom. The molecule has 0 radical (unpaired) electrons. The van der Waals surface area contributed by atoms with Crippen LogP contribution in [0.1, 0.15) is 46.1 Å². The molecule has 2 fully saturated rings. The molecule has 1 aliphatic carbocycles. The number of hydrogen-bond donors (Lipinski definition) is 0. The van der Waals surface area contributed by atoms with Crippen LogP contribution < -0.4 is 10.2 Å². The quantitative estimate of drug-likeness (QED) is 0.795. The Bertz CT molecular complexity index is 593. The normalized spacial score (nSPS) is 23.2. The lowest BCUT2D eigenvalue weighted by atomic mass is 9.75. The van der Waals surface area contributed by atoms with Gasteiger partial charge in [0.05, 0.1) is 22.9 Å². The molecular weight excluding hydrogens is 308 g/mol. The van der Waals surface area contributed by atoms with Crippen LogP contribution in [0.5, 0.6) is 5.75 Å². The maximum atomic E-state index is 13.6. The Hall–Kier alpha value is -1.21. The lowest BCUT2D eigenvalue weighted by Gasteiger charge is -2.32. The SMILES string of the molecule is CC1(C)OB(c2cccc(OC3CC3)c2C(F)(F)F)OC1(C)C. The predicted molar refractivity (Wildman–Crippen MR) is 80.8 cm³/mol. The van der Waals surface area contributed by atoms with Gasteiger partial charge < -0.3 is 14.0 Å². The molecule has 0 unspecified atom stereocenters. The van der Waals surface area contributed by atoms with E-state index in [2.05, 4.69) is 0 Å². The summed E-state index contributed by atoms with van der Waals surface area (Å²) in [5, 5.41) is 0. The van der Waals surface area contributed by atoms with E-state index in [4.69, 9.17) is 14.0 Å². The molecule has 0 spiro atoms. The highest BCUT2D eigenvalue weighted by atomic mass is 19.4. The van der Waals surface area contributed by atoms with Crippen LogP contribution >= 0.6 is 0 Å². The molecule has 0 bridgehead atoms. The van der Waals surface area contributed by atoms with Gasteiger partial charge in [0, 0.05) is 0 Å². The van der Waals surface area contributed by atoms with Crippen LogP contribution in [-0.2, 0) is 15.5 Å². The van der Waals surface area contributed by atoms with Crippen LogP contribution in [0.4, 0.5) is 13.2 Å². The Labute approximate surface area is 134 Å². The zero-order valence-corrected chi connectivity index (χ0v) is 13.7. The van der Waals surface area contributed by atoms with E-state index in [1.165, 1.54) is 12.1 Å². The zero-order chi connectivity index (χ0) is 17.0. The summed E-state index contributed by atoms with van der Waals surface area (Å²) in [4.78, 5) is 0. The molecule has 2 aliphatic rings. The lowest BCUT2D eigenvalue weighted by molar-refractivity contribution is -0.138. The molecule has 1 saturated carbocycles. The average Bonchev–Trinajstić information content (AvgIpc) is 3.15. The van der Waals surface area contributed by atoms with Crippen LogP contribution in [0.2, 0.25) is 0 Å². The van der Waals surface area contributed by atoms with E-state index in [-0.39, 0.29) is 17.3 Å². The summed E-state index contributed by atoms with van der Waals surface area (Å²) in [5.41, 5.74) is -2.23. The number of ether oxygens (including phenoxy) is 1. The van der Waals surface area contributed by atoms with Crippen molar-refractivity contribution in [3.8, 4) is 5.75 Å². The fourth-order valence-corrected chi connectivity index (χ4v) is 2.48. The third-order valence-electron chi connectivity index (χ3n) is 4.67. The standard InChI is InChI=1S/C16H20BF3O3/c1-14(2)15(3,4)23-17(22-14)11-6-5-7-12(21-10-8-9-10)13(11)16(18,19)20/h5-7,10H,8-9H2,1-4H3. The van der Waals surface area contributed by atoms with Crippen LogP contribution in [0.15, 0.2) is 18.2 Å². The van der Waals surface area contributed by atoms with Gasteiger partial charge in [-0.2, -0.15) is 13.2 Å². The van der Waals surface area contributed by atoms with Gasteiger partial charge in [-0.05, 0) is 52.1 Å². The first-order chi connectivity index (χ1) is 10.5. The summed E-state index contributed by atoms with van der Waals surface area (Å²) in [5.74, 6) is -0.146. The van der Waals surface area contributed by atoms with E-state index in [1.54, 1.807) is 6.07 Å². The van der Waals surface area contributed by atoms with E-state index >= 15 is 0 Å². The van der Waals surface area contributed by atoms with Gasteiger partial charge in [-0.15, -0.1) is 0 Å². The number of rotatable bonds is 3. The number of halogens is 3. The molecule has 1 aliphatic heterocycles. The third kappa shape index (κ3) is 3.09. The zero-order valence-electron chi connectivity index (χ0n) is 13.7. The molecule has 23 heavy (non-hydrogen) atoms. The van der Waals surface area contributed by atoms with E-state index in [1.807, 2.05) is 27.7 Å². The van der Waals surface area contributed by atoms with Crippen LogP contribution in [0.3, 0.4) is 0 Å². The predicted octanol–water partition coefficient (Wildman–Crippen LogP) is 3.55. The summed E-state index contributed by atoms with van der Waals surface area (Å²) < 4.78 is 57.9. The smallest absolute Gasteiger partial charge is 0.490 e. The fraction of sp³-hybridized carbons (Fsp3) is 0.625. The van der Waals surface area contributed by atoms with Crippen LogP contribution in [0.25, 0.3) is 0 Å². The van der Waals surface area contributed by atoms with Gasteiger partial charge in [-0.25, -0.2) is 0 Å². The second kappa shape index (κ2) is 5.15. The van der Waals surface area contributed by atoms with Crippen molar-refractivity contribution >= 4 is 12.6 Å². The molecule has 0 aromatic heterocycles. The van der Waals surface area contributed by atoms with Gasteiger partial charge in [0.15, 0.2) is 0 Å². The minimum atomic E-state index is -4.54. The van der Waals surface area contributed by atoms with Gasteiger partial charge in [-0.3, -0.25) is 0 Å². The molecule has 3 nitrogen and oxygen atoms in total. The van der Waals surface area contributed by atoms with Crippen molar-refractivity contribution in [1.82, 2.24) is 0 Å². The molecular formula is C16H20BF3O3. The minimum absolute atomic E-state index is 0.0331. The van der Waals surface area contributed by atoms with Gasteiger partial charge in [0.25, 0.3) is 0 Å². The van der Waals surface area contributed by atoms with Crippen molar-refractivity contribution in [3.05, 3.63) is 23.8 Å². The summed E-state index contributed by atoms with van der Waals surface area (Å²) >= 11 is 0. The van der Waals surface area contributed by atoms with Crippen molar-refractivity contribution in [1.29, 1.82) is 0 Å². The number of hydrogen-bond acceptors (Lipinski definition) is 3. The Morgan fingerprint density at radius 1 is 1.09 bits per heavy atom. The highest BCUT2D eigenvalue weighted by Crippen LogP contribution is 2.41. The topological polar surface area (TPSA) is 27.7 Å². The van der Waals surface area contributed by atoms with Crippen molar-refractivity contribution < 1.29 is 27.2 Å². The maximum Gasteiger partial charge on any atom is 0.495 e. The van der Waals surface area contributed by atoms with E-state index in [0.717, 1.165) is 12.8 Å². The monoisotopic (exact) mass is 328 g/mol. The first kappa shape index (κ1) is 16.6. The molecule has 1 aromatic carbocycles. The molecule has 7 heteroatoms. The molecule has 0 N–H and O–H groups in total. The summed E-state index contributed by atoms with van der Waals surface area (Å²) in [6, 6.07) is 4.30. The fourth-order valence-electron chi connectivity index (χ4n) is 2.48. The van der Waals surface area contributed by atoms with E-state index in [0.29, 0.717) is 0 Å². The lowest BCUT2D eigenvalue weighted by Crippen LogP contribution is -2.41. The van der Waals surface area contributed by atoms with Crippen LogP contribution in [0, 0.1) is 0 Å². The van der Waals surface area contributed by atoms with Crippen molar-refractivity contribution in [2.45, 2.75) is 64.0 Å². The first-order valence-electron chi connectivity index (χ1n) is 7.74. The first-order valence-corrected chi connectivity index (χ1v) is 7.74. The highest BCUT2D eigenvalue weighted by Gasteiger charge is 2.54. The maximum absolute atomic E-state index is 13.6. The molecule has 0 amide bonds. The van der Waals surface area contributed by atoms with Gasteiger partial charge in [-0.1, -0.05) is 12.1 Å². The number of benzene rings is 1.